The summed E-state index contributed by atoms with van der Waals surface area (Å²) in [6.07, 6.45) is 4.88. The summed E-state index contributed by atoms with van der Waals surface area (Å²) in [7, 11) is 0. The van der Waals surface area contributed by atoms with Gasteiger partial charge in [0.25, 0.3) is 0 Å². The Morgan fingerprint density at radius 3 is 2.11 bits per heavy atom. The molecule has 1 aromatic carbocycles. The van der Waals surface area contributed by atoms with E-state index in [2.05, 4.69) is 62.3 Å². The van der Waals surface area contributed by atoms with Gasteiger partial charge in [0.1, 0.15) is 5.75 Å². The van der Waals surface area contributed by atoms with Crippen molar-refractivity contribution >= 4 is 5.57 Å². The van der Waals surface area contributed by atoms with Crippen molar-refractivity contribution in [1.29, 1.82) is 0 Å². The SMILES string of the molecule is [C]=C(CC)c1c(CC)c(C(C)(C)C)c(O)c2c1CC(CC)C(CC)C2(C)C. The van der Waals surface area contributed by atoms with Crippen LogP contribution in [0.2, 0.25) is 0 Å². The molecular formula is C26H40O. The van der Waals surface area contributed by atoms with E-state index >= 15 is 0 Å². The normalized spacial score (nSPS) is 21.8. The van der Waals surface area contributed by atoms with Gasteiger partial charge in [-0.2, -0.15) is 0 Å². The van der Waals surface area contributed by atoms with Crippen molar-refractivity contribution < 1.29 is 5.11 Å². The van der Waals surface area contributed by atoms with Crippen molar-refractivity contribution in [2.45, 2.75) is 105 Å². The van der Waals surface area contributed by atoms with Gasteiger partial charge < -0.3 is 5.11 Å². The van der Waals surface area contributed by atoms with Gasteiger partial charge in [-0.1, -0.05) is 75.2 Å². The Labute approximate surface area is 168 Å². The summed E-state index contributed by atoms with van der Waals surface area (Å²) in [4.78, 5) is 0. The number of hydrogen-bond acceptors (Lipinski definition) is 1. The fraction of sp³-hybridized carbons (Fsp3) is 0.692. The Morgan fingerprint density at radius 1 is 1.11 bits per heavy atom. The van der Waals surface area contributed by atoms with Crippen LogP contribution in [0.4, 0.5) is 0 Å². The van der Waals surface area contributed by atoms with Crippen molar-refractivity contribution in [2.75, 3.05) is 0 Å². The zero-order valence-electron chi connectivity index (χ0n) is 19.1. The fourth-order valence-corrected chi connectivity index (χ4v) is 5.90. The number of aromatic hydroxyl groups is 1. The van der Waals surface area contributed by atoms with Gasteiger partial charge in [-0.05, 0) is 70.8 Å². The largest absolute Gasteiger partial charge is 0.507 e. The van der Waals surface area contributed by atoms with Crippen LogP contribution < -0.4 is 0 Å². The van der Waals surface area contributed by atoms with Gasteiger partial charge in [0.15, 0.2) is 0 Å². The highest BCUT2D eigenvalue weighted by Gasteiger charge is 2.45. The Bertz CT molecular complexity index is 715. The lowest BCUT2D eigenvalue weighted by Crippen LogP contribution is -2.41. The monoisotopic (exact) mass is 368 g/mol. The van der Waals surface area contributed by atoms with Gasteiger partial charge in [-0.3, -0.25) is 0 Å². The fourth-order valence-electron chi connectivity index (χ4n) is 5.90. The van der Waals surface area contributed by atoms with E-state index in [-0.39, 0.29) is 10.8 Å². The van der Waals surface area contributed by atoms with Gasteiger partial charge in [-0.25, -0.2) is 0 Å². The molecule has 1 N–H and O–H groups in total. The molecule has 1 aliphatic carbocycles. The smallest absolute Gasteiger partial charge is 0.123 e. The highest BCUT2D eigenvalue weighted by Crippen LogP contribution is 2.55. The van der Waals surface area contributed by atoms with Crippen LogP contribution in [0.15, 0.2) is 0 Å². The van der Waals surface area contributed by atoms with Crippen LogP contribution in [0.1, 0.15) is 109 Å². The van der Waals surface area contributed by atoms with Crippen molar-refractivity contribution in [3.8, 4) is 5.75 Å². The van der Waals surface area contributed by atoms with Gasteiger partial charge in [-0.15, -0.1) is 0 Å². The molecule has 1 nitrogen and oxygen atoms in total. The molecule has 0 saturated heterocycles. The molecule has 2 atom stereocenters. The molecule has 150 valence electrons. The van der Waals surface area contributed by atoms with Gasteiger partial charge in [0, 0.05) is 11.1 Å². The zero-order valence-corrected chi connectivity index (χ0v) is 19.1. The Hall–Kier alpha value is -1.24. The number of fused-ring (bicyclic) bond motifs is 1. The minimum atomic E-state index is -0.146. The average Bonchev–Trinajstić information content (AvgIpc) is 2.57. The zero-order chi connectivity index (χ0) is 20.7. The Morgan fingerprint density at radius 2 is 1.70 bits per heavy atom. The predicted octanol–water partition coefficient (Wildman–Crippen LogP) is 7.24. The molecule has 0 aromatic heterocycles. The lowest BCUT2D eigenvalue weighted by atomic mass is 9.57. The van der Waals surface area contributed by atoms with Crippen molar-refractivity contribution in [3.63, 3.8) is 0 Å². The lowest BCUT2D eigenvalue weighted by molar-refractivity contribution is 0.174. The first-order chi connectivity index (χ1) is 12.5. The number of allylic oxidation sites excluding steroid dienone is 1. The highest BCUT2D eigenvalue weighted by molar-refractivity contribution is 5.75. The third-order valence-electron chi connectivity index (χ3n) is 7.01. The van der Waals surface area contributed by atoms with Crippen LogP contribution in [0, 0.1) is 18.4 Å². The number of phenolic OH excluding ortho intramolecular Hbond substituents is 1. The molecular weight excluding hydrogens is 328 g/mol. The first-order valence-electron chi connectivity index (χ1n) is 11.0. The standard InChI is InChI=1S/C26H40O/c1-11-16(5)21-18(13-3)22(25(6,7)8)24(27)23-19(21)15-17(12-2)20(14-4)26(23,9)10/h17,20,27H,11-15H2,1-4,6-10H3. The summed E-state index contributed by atoms with van der Waals surface area (Å²) in [6, 6.07) is 0. The molecule has 1 aromatic rings. The van der Waals surface area contributed by atoms with Crippen molar-refractivity contribution in [3.05, 3.63) is 34.4 Å². The highest BCUT2D eigenvalue weighted by atomic mass is 16.3. The molecule has 27 heavy (non-hydrogen) atoms. The minimum Gasteiger partial charge on any atom is -0.507 e. The van der Waals surface area contributed by atoms with Crippen LogP contribution in [0.5, 0.6) is 5.75 Å². The number of hydrogen-bond donors (Lipinski definition) is 1. The molecule has 0 fully saturated rings. The molecule has 1 heteroatoms. The van der Waals surface area contributed by atoms with E-state index in [4.69, 9.17) is 6.58 Å². The molecule has 1 aliphatic rings. The van der Waals surface area contributed by atoms with Crippen molar-refractivity contribution in [2.24, 2.45) is 11.8 Å². The third kappa shape index (κ3) is 3.47. The third-order valence-corrected chi connectivity index (χ3v) is 7.01. The maximum atomic E-state index is 11.6. The molecule has 0 heterocycles. The topological polar surface area (TPSA) is 20.2 Å². The lowest BCUT2D eigenvalue weighted by Gasteiger charge is -2.47. The minimum absolute atomic E-state index is 0.0812. The van der Waals surface area contributed by atoms with E-state index in [1.165, 1.54) is 11.1 Å². The number of rotatable bonds is 5. The van der Waals surface area contributed by atoms with E-state index < -0.39 is 0 Å². The summed E-state index contributed by atoms with van der Waals surface area (Å²) in [5.74, 6) is 1.69. The van der Waals surface area contributed by atoms with E-state index in [9.17, 15) is 5.11 Å². The molecule has 0 spiro atoms. The molecule has 0 aliphatic heterocycles. The molecule has 2 rings (SSSR count). The molecule has 0 saturated carbocycles. The van der Waals surface area contributed by atoms with Crippen LogP contribution in [-0.4, -0.2) is 5.11 Å². The summed E-state index contributed by atoms with van der Waals surface area (Å²) in [5, 5.41) is 11.6. The summed E-state index contributed by atoms with van der Waals surface area (Å²) < 4.78 is 0. The maximum Gasteiger partial charge on any atom is 0.123 e. The molecule has 2 radical (unpaired) electrons. The Kier molecular flexibility index (Phi) is 6.24. The molecule has 0 bridgehead atoms. The number of phenols is 1. The first kappa shape index (κ1) is 22.1. The van der Waals surface area contributed by atoms with Crippen LogP contribution in [-0.2, 0) is 23.7 Å². The van der Waals surface area contributed by atoms with E-state index in [1.54, 1.807) is 0 Å². The summed E-state index contributed by atoms with van der Waals surface area (Å²) in [6.45, 7) is 28.8. The maximum absolute atomic E-state index is 11.6. The number of benzene rings is 1. The second-order valence-corrected chi connectivity index (χ2v) is 9.98. The average molecular weight is 369 g/mol. The van der Waals surface area contributed by atoms with Gasteiger partial charge in [0.2, 0.25) is 0 Å². The van der Waals surface area contributed by atoms with Crippen molar-refractivity contribution in [1.82, 2.24) is 0 Å². The van der Waals surface area contributed by atoms with E-state index in [1.807, 2.05) is 0 Å². The molecule has 2 unspecified atom stereocenters. The summed E-state index contributed by atoms with van der Waals surface area (Å²) in [5.41, 5.74) is 6.32. The van der Waals surface area contributed by atoms with Gasteiger partial charge >= 0.3 is 0 Å². The second kappa shape index (κ2) is 7.64. The summed E-state index contributed by atoms with van der Waals surface area (Å²) >= 11 is 0. The van der Waals surface area contributed by atoms with E-state index in [0.717, 1.165) is 54.4 Å². The Balaban J connectivity index is 3.03. The quantitative estimate of drug-likeness (QED) is 0.580. The molecule has 0 amide bonds. The van der Waals surface area contributed by atoms with E-state index in [0.29, 0.717) is 17.6 Å². The van der Waals surface area contributed by atoms with Crippen LogP contribution in [0.3, 0.4) is 0 Å². The predicted molar refractivity (Wildman–Crippen MR) is 117 cm³/mol. The van der Waals surface area contributed by atoms with Crippen LogP contribution in [0.25, 0.3) is 5.57 Å². The first-order valence-corrected chi connectivity index (χ1v) is 11.0. The van der Waals surface area contributed by atoms with Gasteiger partial charge in [0.05, 0.1) is 0 Å². The van der Waals surface area contributed by atoms with Crippen LogP contribution >= 0.6 is 0 Å². The second-order valence-electron chi connectivity index (χ2n) is 9.98.